The third kappa shape index (κ3) is 3.60. The maximum absolute atomic E-state index is 14.3. The molecule has 0 saturated carbocycles. The van der Waals surface area contributed by atoms with Crippen LogP contribution in [0.5, 0.6) is 0 Å². The number of hydrogen-bond acceptors (Lipinski definition) is 2. The van der Waals surface area contributed by atoms with E-state index in [-0.39, 0.29) is 9.46 Å². The minimum atomic E-state index is -0.407. The average Bonchev–Trinajstić information content (AvgIpc) is 2.44. The normalized spacial score (nSPS) is 10.7. The highest BCUT2D eigenvalue weighted by molar-refractivity contribution is 9.10. The zero-order chi connectivity index (χ0) is 15.6. The molecule has 0 saturated heterocycles. The van der Waals surface area contributed by atoms with Gasteiger partial charge in [0.15, 0.2) is 5.82 Å². The van der Waals surface area contributed by atoms with E-state index in [9.17, 15) is 4.39 Å². The summed E-state index contributed by atoms with van der Waals surface area (Å²) in [6.45, 7) is 4.24. The Bertz CT molecular complexity index is 686. The summed E-state index contributed by atoms with van der Waals surface area (Å²) in [6.07, 6.45) is 0. The predicted octanol–water partition coefficient (Wildman–Crippen LogP) is 5.09. The summed E-state index contributed by atoms with van der Waals surface area (Å²) in [5, 5.41) is 3.09. The lowest BCUT2D eigenvalue weighted by Gasteiger charge is -2.13. The molecule has 0 aromatic heterocycles. The lowest BCUT2D eigenvalue weighted by Crippen LogP contribution is -2.11. The molecule has 0 unspecified atom stereocenters. The van der Waals surface area contributed by atoms with Crippen LogP contribution >= 0.6 is 28.1 Å². The van der Waals surface area contributed by atoms with Crippen molar-refractivity contribution in [2.45, 2.75) is 19.8 Å². The molecule has 0 atom stereocenters. The Hall–Kier alpha value is -1.46. The van der Waals surface area contributed by atoms with Gasteiger partial charge in [-0.25, -0.2) is 4.39 Å². The van der Waals surface area contributed by atoms with Gasteiger partial charge in [0.1, 0.15) is 4.99 Å². The maximum Gasteiger partial charge on any atom is 0.161 e. The first-order valence-electron chi connectivity index (χ1n) is 6.55. The molecule has 0 fully saturated rings. The summed E-state index contributed by atoms with van der Waals surface area (Å²) in [5.41, 5.74) is 8.46. The van der Waals surface area contributed by atoms with Crippen molar-refractivity contribution in [3.63, 3.8) is 0 Å². The van der Waals surface area contributed by atoms with E-state index in [1.54, 1.807) is 12.1 Å². The van der Waals surface area contributed by atoms with Gasteiger partial charge in [0, 0.05) is 11.3 Å². The molecule has 0 heterocycles. The fourth-order valence-corrected chi connectivity index (χ4v) is 2.83. The summed E-state index contributed by atoms with van der Waals surface area (Å²) in [6, 6.07) is 11.3. The van der Waals surface area contributed by atoms with Crippen molar-refractivity contribution in [3.05, 3.63) is 57.8 Å². The van der Waals surface area contributed by atoms with Crippen LogP contribution < -0.4 is 11.1 Å². The van der Waals surface area contributed by atoms with Gasteiger partial charge in [0.25, 0.3) is 0 Å². The lowest BCUT2D eigenvalue weighted by atomic mass is 10.0. The van der Waals surface area contributed by atoms with Gasteiger partial charge in [-0.3, -0.25) is 0 Å². The van der Waals surface area contributed by atoms with Crippen molar-refractivity contribution < 1.29 is 4.39 Å². The molecule has 21 heavy (non-hydrogen) atoms. The van der Waals surface area contributed by atoms with E-state index in [1.165, 1.54) is 5.56 Å². The van der Waals surface area contributed by atoms with E-state index < -0.39 is 5.82 Å². The van der Waals surface area contributed by atoms with E-state index in [0.717, 1.165) is 5.69 Å². The van der Waals surface area contributed by atoms with Crippen molar-refractivity contribution >= 4 is 44.5 Å². The fraction of sp³-hybridized carbons (Fsp3) is 0.188. The van der Waals surface area contributed by atoms with E-state index in [2.05, 4.69) is 41.2 Å². The second-order valence-corrected chi connectivity index (χ2v) is 6.29. The lowest BCUT2D eigenvalue weighted by molar-refractivity contribution is 0.625. The number of nitrogens with one attached hydrogen (secondary N) is 1. The van der Waals surface area contributed by atoms with E-state index >= 15 is 0 Å². The van der Waals surface area contributed by atoms with Crippen molar-refractivity contribution in [2.75, 3.05) is 5.32 Å². The highest BCUT2D eigenvalue weighted by atomic mass is 79.9. The molecule has 2 aromatic rings. The summed E-state index contributed by atoms with van der Waals surface area (Å²) >= 11 is 8.09. The molecule has 2 rings (SSSR count). The monoisotopic (exact) mass is 366 g/mol. The second-order valence-electron chi connectivity index (χ2n) is 5.06. The van der Waals surface area contributed by atoms with Crippen LogP contribution in [0.2, 0.25) is 0 Å². The first-order chi connectivity index (χ1) is 9.90. The molecule has 0 bridgehead atoms. The molecular formula is C16H16BrFN2S. The minimum absolute atomic E-state index is 0.161. The van der Waals surface area contributed by atoms with E-state index in [4.69, 9.17) is 18.0 Å². The fourth-order valence-electron chi connectivity index (χ4n) is 1.97. The first kappa shape index (κ1) is 15.9. The Labute approximate surface area is 137 Å². The summed E-state index contributed by atoms with van der Waals surface area (Å²) < 4.78 is 14.6. The molecule has 3 N–H and O–H groups in total. The van der Waals surface area contributed by atoms with Crippen LogP contribution in [0.15, 0.2) is 40.9 Å². The molecule has 0 aliphatic heterocycles. The highest BCUT2D eigenvalue weighted by Crippen LogP contribution is 2.30. The Morgan fingerprint density at radius 3 is 2.62 bits per heavy atom. The standard InChI is InChI=1S/C16H16BrFN2S/c1-9(2)10-4-3-5-11(8-10)20-13-7-6-12(16(19)21)14(17)15(13)18/h3-9,20H,1-2H3,(H2,19,21). The minimum Gasteiger partial charge on any atom is -0.389 e. The number of benzene rings is 2. The summed E-state index contributed by atoms with van der Waals surface area (Å²) in [7, 11) is 0. The van der Waals surface area contributed by atoms with E-state index in [0.29, 0.717) is 17.2 Å². The molecule has 2 nitrogen and oxygen atoms in total. The molecular weight excluding hydrogens is 351 g/mol. The third-order valence-electron chi connectivity index (χ3n) is 3.18. The van der Waals surface area contributed by atoms with Crippen LogP contribution in [0.4, 0.5) is 15.8 Å². The molecule has 0 aliphatic rings. The number of nitrogens with two attached hydrogens (primary N) is 1. The molecule has 0 amide bonds. The van der Waals surface area contributed by atoms with Crippen molar-refractivity contribution in [1.29, 1.82) is 0 Å². The topological polar surface area (TPSA) is 38.0 Å². The molecule has 2 aromatic carbocycles. The number of rotatable bonds is 4. The third-order valence-corrected chi connectivity index (χ3v) is 4.18. The van der Waals surface area contributed by atoms with Crippen molar-refractivity contribution in [3.8, 4) is 0 Å². The smallest absolute Gasteiger partial charge is 0.161 e. The predicted molar refractivity (Wildman–Crippen MR) is 93.8 cm³/mol. The summed E-state index contributed by atoms with van der Waals surface area (Å²) in [5.74, 6) is 0.00979. The van der Waals surface area contributed by atoms with Crippen LogP contribution in [0.3, 0.4) is 0 Å². The van der Waals surface area contributed by atoms with Crippen molar-refractivity contribution in [1.82, 2.24) is 0 Å². The van der Waals surface area contributed by atoms with Gasteiger partial charge in [-0.1, -0.05) is 38.2 Å². The van der Waals surface area contributed by atoms with Gasteiger partial charge in [0.2, 0.25) is 0 Å². The summed E-state index contributed by atoms with van der Waals surface area (Å²) in [4.78, 5) is 0.161. The Morgan fingerprint density at radius 2 is 2.00 bits per heavy atom. The zero-order valence-corrected chi connectivity index (χ0v) is 14.2. The van der Waals surface area contributed by atoms with Crippen LogP contribution in [-0.2, 0) is 0 Å². The molecule has 0 aliphatic carbocycles. The Balaban J connectivity index is 2.34. The van der Waals surface area contributed by atoms with E-state index in [1.807, 2.05) is 18.2 Å². The van der Waals surface area contributed by atoms with Gasteiger partial charge in [0.05, 0.1) is 10.2 Å². The molecule has 0 spiro atoms. The van der Waals surface area contributed by atoms with Crippen LogP contribution in [0, 0.1) is 5.82 Å². The van der Waals surface area contributed by atoms with Gasteiger partial charge in [-0.15, -0.1) is 0 Å². The quantitative estimate of drug-likeness (QED) is 0.740. The Morgan fingerprint density at radius 1 is 1.29 bits per heavy atom. The number of thiocarbonyl (C=S) groups is 1. The van der Waals surface area contributed by atoms with Crippen LogP contribution in [0.25, 0.3) is 0 Å². The first-order valence-corrected chi connectivity index (χ1v) is 7.75. The second kappa shape index (κ2) is 6.54. The van der Waals surface area contributed by atoms with Crippen LogP contribution in [-0.4, -0.2) is 4.99 Å². The maximum atomic E-state index is 14.3. The SMILES string of the molecule is CC(C)c1cccc(Nc2ccc(C(N)=S)c(Br)c2F)c1. The average molecular weight is 367 g/mol. The van der Waals surface area contributed by atoms with Gasteiger partial charge in [-0.05, 0) is 51.7 Å². The molecule has 0 radical (unpaired) electrons. The molecule has 5 heteroatoms. The zero-order valence-electron chi connectivity index (χ0n) is 11.8. The highest BCUT2D eigenvalue weighted by Gasteiger charge is 2.13. The molecule has 110 valence electrons. The largest absolute Gasteiger partial charge is 0.389 e. The van der Waals surface area contributed by atoms with Crippen molar-refractivity contribution in [2.24, 2.45) is 5.73 Å². The van der Waals surface area contributed by atoms with Gasteiger partial charge in [-0.2, -0.15) is 0 Å². The van der Waals surface area contributed by atoms with Gasteiger partial charge < -0.3 is 11.1 Å². The number of anilines is 2. The van der Waals surface area contributed by atoms with Crippen LogP contribution in [0.1, 0.15) is 30.9 Å². The number of halogens is 2. The Kier molecular flexibility index (Phi) is 4.96. The van der Waals surface area contributed by atoms with Gasteiger partial charge >= 0.3 is 0 Å². The number of hydrogen-bond donors (Lipinski definition) is 2.